The van der Waals surface area contributed by atoms with Crippen LogP contribution in [0.1, 0.15) is 39.0 Å². The van der Waals surface area contributed by atoms with Crippen molar-refractivity contribution in [3.05, 3.63) is 12.3 Å². The Morgan fingerprint density at radius 2 is 1.76 bits per heavy atom. The lowest BCUT2D eigenvalue weighted by atomic mass is 9.93. The summed E-state index contributed by atoms with van der Waals surface area (Å²) in [6, 6.07) is 0. The average molecular weight is 314 g/mol. The normalized spacial score (nSPS) is 14.8. The lowest BCUT2D eigenvalue weighted by Crippen LogP contribution is -2.47. The van der Waals surface area contributed by atoms with Gasteiger partial charge in [0, 0.05) is 13.7 Å². The Kier molecular flexibility index (Phi) is 9.65. The fourth-order valence-corrected chi connectivity index (χ4v) is 1.81. The van der Waals surface area contributed by atoms with E-state index in [0.29, 0.717) is 13.0 Å². The van der Waals surface area contributed by atoms with Gasteiger partial charge in [-0.15, -0.1) is 0 Å². The van der Waals surface area contributed by atoms with E-state index in [0.717, 1.165) is 12.8 Å². The van der Waals surface area contributed by atoms with E-state index in [-0.39, 0.29) is 19.8 Å². The summed E-state index contributed by atoms with van der Waals surface area (Å²) in [7, 11) is 1.52. The third-order valence-electron chi connectivity index (χ3n) is 3.03. The van der Waals surface area contributed by atoms with Crippen molar-refractivity contribution in [3.8, 4) is 0 Å². The summed E-state index contributed by atoms with van der Waals surface area (Å²) < 4.78 is 53.4. The Bertz CT molecular complexity index is 294. The molecular weight excluding hydrogens is 289 g/mol. The summed E-state index contributed by atoms with van der Waals surface area (Å²) >= 11 is 0. The molecule has 0 aromatic carbocycles. The third kappa shape index (κ3) is 7.15. The summed E-state index contributed by atoms with van der Waals surface area (Å²) in [5.41, 5.74) is -2.98. The molecule has 0 aliphatic carbocycles. The van der Waals surface area contributed by atoms with Crippen LogP contribution in [0.15, 0.2) is 12.3 Å². The van der Waals surface area contributed by atoms with Crippen molar-refractivity contribution in [1.82, 2.24) is 0 Å². The van der Waals surface area contributed by atoms with Gasteiger partial charge in [0.25, 0.3) is 0 Å². The molecular formula is C14H25F3O4. The lowest BCUT2D eigenvalue weighted by Gasteiger charge is -2.31. The van der Waals surface area contributed by atoms with Crippen LogP contribution >= 0.6 is 0 Å². The maximum absolute atomic E-state index is 13.0. The van der Waals surface area contributed by atoms with Gasteiger partial charge in [-0.2, -0.15) is 13.2 Å². The molecule has 0 aliphatic rings. The predicted octanol–water partition coefficient (Wildman–Crippen LogP) is 3.40. The van der Waals surface area contributed by atoms with Gasteiger partial charge in [-0.25, -0.2) is 0 Å². The zero-order valence-corrected chi connectivity index (χ0v) is 12.7. The van der Waals surface area contributed by atoms with Crippen LogP contribution in [0.5, 0.6) is 0 Å². The fraction of sp³-hybridized carbons (Fsp3) is 0.857. The fourth-order valence-electron chi connectivity index (χ4n) is 1.81. The molecule has 0 rings (SSSR count). The van der Waals surface area contributed by atoms with Gasteiger partial charge in [-0.05, 0) is 26.2 Å². The van der Waals surface area contributed by atoms with Crippen LogP contribution in [0.4, 0.5) is 13.2 Å². The minimum absolute atomic E-state index is 0.0358. The molecule has 0 saturated heterocycles. The van der Waals surface area contributed by atoms with E-state index in [1.165, 1.54) is 7.11 Å². The number of halogens is 3. The molecule has 7 heteroatoms. The highest BCUT2D eigenvalue weighted by atomic mass is 19.4. The second-order valence-electron chi connectivity index (χ2n) is 4.69. The lowest BCUT2D eigenvalue weighted by molar-refractivity contribution is -0.258. The minimum Gasteiger partial charge on any atom is -0.495 e. The van der Waals surface area contributed by atoms with E-state index in [4.69, 9.17) is 14.2 Å². The van der Waals surface area contributed by atoms with Crippen LogP contribution in [-0.2, 0) is 14.2 Å². The molecule has 1 N–H and O–H groups in total. The highest BCUT2D eigenvalue weighted by Gasteiger charge is 2.56. The molecule has 0 aromatic heterocycles. The Labute approximate surface area is 123 Å². The molecule has 0 amide bonds. The Hall–Kier alpha value is -0.790. The van der Waals surface area contributed by atoms with E-state index >= 15 is 0 Å². The third-order valence-corrected chi connectivity index (χ3v) is 3.03. The summed E-state index contributed by atoms with van der Waals surface area (Å²) in [4.78, 5) is 0. The maximum Gasteiger partial charge on any atom is 0.424 e. The van der Waals surface area contributed by atoms with Crippen molar-refractivity contribution in [2.45, 2.75) is 50.8 Å². The van der Waals surface area contributed by atoms with E-state index in [1.54, 1.807) is 6.92 Å². The largest absolute Gasteiger partial charge is 0.495 e. The second-order valence-corrected chi connectivity index (χ2v) is 4.69. The molecule has 0 saturated carbocycles. The molecule has 0 fully saturated rings. The highest BCUT2D eigenvalue weighted by molar-refractivity contribution is 5.09. The van der Waals surface area contributed by atoms with Gasteiger partial charge < -0.3 is 19.3 Å². The van der Waals surface area contributed by atoms with E-state index in [9.17, 15) is 18.3 Å². The Morgan fingerprint density at radius 3 is 2.29 bits per heavy atom. The first kappa shape index (κ1) is 20.2. The first-order valence-corrected chi connectivity index (χ1v) is 6.97. The van der Waals surface area contributed by atoms with Crippen LogP contribution < -0.4 is 0 Å². The number of hydrogen-bond donors (Lipinski definition) is 1. The van der Waals surface area contributed by atoms with Gasteiger partial charge in [0.2, 0.25) is 5.60 Å². The van der Waals surface area contributed by atoms with Crippen LogP contribution in [-0.4, -0.2) is 44.0 Å². The smallest absolute Gasteiger partial charge is 0.424 e. The number of methoxy groups -OCH3 is 1. The summed E-state index contributed by atoms with van der Waals surface area (Å²) in [5, 5.41) is 9.83. The molecule has 0 bridgehead atoms. The van der Waals surface area contributed by atoms with Crippen molar-refractivity contribution in [2.75, 3.05) is 27.1 Å². The summed E-state index contributed by atoms with van der Waals surface area (Å²) in [6.45, 7) is 5.50. The molecule has 0 aliphatic heterocycles. The van der Waals surface area contributed by atoms with Crippen molar-refractivity contribution in [2.24, 2.45) is 0 Å². The van der Waals surface area contributed by atoms with Crippen molar-refractivity contribution in [3.63, 3.8) is 0 Å². The molecule has 1 atom stereocenters. The van der Waals surface area contributed by atoms with E-state index < -0.39 is 24.0 Å². The monoisotopic (exact) mass is 314 g/mol. The number of hydrogen-bond acceptors (Lipinski definition) is 4. The van der Waals surface area contributed by atoms with Gasteiger partial charge in [-0.3, -0.25) is 0 Å². The number of ether oxygens (including phenoxy) is 3. The average Bonchev–Trinajstić information content (AvgIpc) is 2.40. The standard InChI is InChI=1S/C14H25F3O4/c1-4-21-12(2)13(18,14(15,16)17)9-7-5-6-8-10-20-11-19-3/h18H,2,4-11H2,1,3H3. The van der Waals surface area contributed by atoms with Crippen LogP contribution in [0.25, 0.3) is 0 Å². The second kappa shape index (κ2) is 10.0. The van der Waals surface area contributed by atoms with Gasteiger partial charge >= 0.3 is 6.18 Å². The number of rotatable bonds is 12. The molecule has 21 heavy (non-hydrogen) atoms. The molecule has 0 spiro atoms. The molecule has 0 aromatic rings. The topological polar surface area (TPSA) is 47.9 Å². The molecule has 126 valence electrons. The van der Waals surface area contributed by atoms with E-state index in [2.05, 4.69) is 6.58 Å². The first-order valence-electron chi connectivity index (χ1n) is 6.97. The van der Waals surface area contributed by atoms with Crippen LogP contribution in [0.2, 0.25) is 0 Å². The van der Waals surface area contributed by atoms with Gasteiger partial charge in [-0.1, -0.05) is 19.4 Å². The summed E-state index contributed by atoms with van der Waals surface area (Å²) in [5.74, 6) is -0.638. The Morgan fingerprint density at radius 1 is 1.14 bits per heavy atom. The maximum atomic E-state index is 13.0. The molecule has 0 heterocycles. The van der Waals surface area contributed by atoms with Gasteiger partial charge in [0.05, 0.1) is 6.61 Å². The molecule has 4 nitrogen and oxygen atoms in total. The zero-order chi connectivity index (χ0) is 16.4. The number of aliphatic hydroxyl groups is 1. The number of unbranched alkanes of at least 4 members (excludes halogenated alkanes) is 3. The summed E-state index contributed by atoms with van der Waals surface area (Å²) in [6.07, 6.45) is -2.99. The van der Waals surface area contributed by atoms with Gasteiger partial charge in [0.1, 0.15) is 12.6 Å². The highest BCUT2D eigenvalue weighted by Crippen LogP contribution is 2.39. The van der Waals surface area contributed by atoms with E-state index in [1.807, 2.05) is 0 Å². The predicted molar refractivity (Wildman–Crippen MR) is 72.7 cm³/mol. The minimum atomic E-state index is -4.79. The van der Waals surface area contributed by atoms with Crippen molar-refractivity contribution < 1.29 is 32.5 Å². The number of alkyl halides is 3. The zero-order valence-electron chi connectivity index (χ0n) is 12.7. The van der Waals surface area contributed by atoms with Crippen LogP contribution in [0, 0.1) is 0 Å². The molecule has 0 radical (unpaired) electrons. The van der Waals surface area contributed by atoms with Crippen LogP contribution in [0.3, 0.4) is 0 Å². The SMILES string of the molecule is C=C(OCC)C(O)(CCCCCCOCOC)C(F)(F)F. The molecule has 1 unspecified atom stereocenters. The van der Waals surface area contributed by atoms with Gasteiger partial charge in [0.15, 0.2) is 0 Å². The first-order chi connectivity index (χ1) is 9.79. The van der Waals surface area contributed by atoms with Crippen molar-refractivity contribution in [1.29, 1.82) is 0 Å². The quantitative estimate of drug-likeness (QED) is 0.341. The van der Waals surface area contributed by atoms with Crippen molar-refractivity contribution >= 4 is 0 Å². The Balaban J connectivity index is 4.13.